The molecule has 0 spiro atoms. The molecule has 2 radical (unpaired) electrons. The Labute approximate surface area is 458 Å². The van der Waals surface area contributed by atoms with E-state index in [4.69, 9.17) is 17.0 Å². The predicted molar refractivity (Wildman–Crippen MR) is 321 cm³/mol. The normalized spacial score (nSPS) is 12.1. The van der Waals surface area contributed by atoms with Crippen LogP contribution in [0, 0.1) is 6.07 Å². The van der Waals surface area contributed by atoms with E-state index < -0.39 is 20.8 Å². The first-order valence-electron chi connectivity index (χ1n) is 25.8. The second kappa shape index (κ2) is 23.9. The maximum atomic E-state index is 4.93. The first-order chi connectivity index (χ1) is 36.4. The van der Waals surface area contributed by atoms with Crippen LogP contribution in [-0.4, -0.2) is 9.52 Å². The number of halogens is 2. The Hall–Kier alpha value is -6.38. The Balaban J connectivity index is 0.000000131. The molecule has 1 aliphatic rings. The van der Waals surface area contributed by atoms with Crippen molar-refractivity contribution in [1.82, 2.24) is 0 Å². The summed E-state index contributed by atoms with van der Waals surface area (Å²) in [7, 11) is 10.7. The zero-order chi connectivity index (χ0) is 51.0. The summed E-state index contributed by atoms with van der Waals surface area (Å²) >= 11 is -0.826. The van der Waals surface area contributed by atoms with Crippen molar-refractivity contribution in [3.63, 3.8) is 0 Å². The quantitative estimate of drug-likeness (QED) is 0.105. The van der Waals surface area contributed by atoms with Crippen LogP contribution in [0.3, 0.4) is 0 Å². The van der Waals surface area contributed by atoms with Crippen LogP contribution in [0.25, 0.3) is 98.7 Å². The minimum Gasteiger partial charge on any atom is -0.184 e. The molecular formula is C70H57Cl2SiZr-3. The van der Waals surface area contributed by atoms with Crippen molar-refractivity contribution in [3.05, 3.63) is 254 Å². The fourth-order valence-corrected chi connectivity index (χ4v) is 11.9. The number of hydrogen-bond acceptors (Lipinski definition) is 0. The van der Waals surface area contributed by atoms with Crippen molar-refractivity contribution >= 4 is 80.0 Å². The Morgan fingerprint density at radius 3 is 1.22 bits per heavy atom. The van der Waals surface area contributed by atoms with E-state index in [9.17, 15) is 0 Å². The summed E-state index contributed by atoms with van der Waals surface area (Å²) in [5, 5.41) is 13.4. The molecule has 0 bridgehead atoms. The van der Waals surface area contributed by atoms with Gasteiger partial charge in [0, 0.05) is 0 Å². The molecule has 0 saturated carbocycles. The molecule has 1 aliphatic heterocycles. The monoisotopic (exact) mass is 1090 g/mol. The molecular weight excluding hydrogens is 1030 g/mol. The van der Waals surface area contributed by atoms with Gasteiger partial charge in [0.15, 0.2) is 0 Å². The third kappa shape index (κ3) is 10.8. The molecule has 0 aromatic heterocycles. The van der Waals surface area contributed by atoms with E-state index in [0.29, 0.717) is 11.8 Å². The van der Waals surface area contributed by atoms with Gasteiger partial charge in [-0.3, -0.25) is 0 Å². The van der Waals surface area contributed by atoms with Crippen LogP contribution in [-0.2, 0) is 20.8 Å². The van der Waals surface area contributed by atoms with Crippen LogP contribution in [0.15, 0.2) is 237 Å². The van der Waals surface area contributed by atoms with Crippen molar-refractivity contribution in [2.75, 3.05) is 0 Å². The first kappa shape index (κ1) is 51.1. The van der Waals surface area contributed by atoms with Gasteiger partial charge in [-0.1, -0.05) is 232 Å². The van der Waals surface area contributed by atoms with Crippen LogP contribution in [0.2, 0.25) is 0 Å². The number of rotatable bonds is 8. The molecule has 0 aliphatic carbocycles. The van der Waals surface area contributed by atoms with E-state index in [0.717, 1.165) is 22.4 Å². The van der Waals surface area contributed by atoms with Crippen molar-refractivity contribution in [3.8, 4) is 55.6 Å². The average Bonchev–Trinajstić information content (AvgIpc) is 4.21. The second-order valence-corrected chi connectivity index (χ2v) is 24.2. The summed E-state index contributed by atoms with van der Waals surface area (Å²) in [4.78, 5) is 0. The van der Waals surface area contributed by atoms with E-state index in [-0.39, 0.29) is 0 Å². The van der Waals surface area contributed by atoms with Gasteiger partial charge in [-0.25, -0.2) is 0 Å². The molecule has 362 valence electrons. The molecule has 2 unspecified atom stereocenters. The van der Waals surface area contributed by atoms with Crippen LogP contribution in [0.4, 0.5) is 0 Å². The van der Waals surface area contributed by atoms with Crippen molar-refractivity contribution in [2.24, 2.45) is 0 Å². The third-order valence-electron chi connectivity index (χ3n) is 14.8. The molecule has 0 fully saturated rings. The molecule has 0 saturated heterocycles. The fraction of sp³-hybridized carbons (Fsp3) is 0.114. The van der Waals surface area contributed by atoms with Gasteiger partial charge < -0.3 is 0 Å². The van der Waals surface area contributed by atoms with E-state index >= 15 is 0 Å². The third-order valence-corrected chi connectivity index (χ3v) is 16.2. The van der Waals surface area contributed by atoms with Gasteiger partial charge in [-0.15, -0.1) is 74.6 Å². The van der Waals surface area contributed by atoms with Crippen LogP contribution >= 0.6 is 17.0 Å². The summed E-state index contributed by atoms with van der Waals surface area (Å²) in [5.74, 6) is 1.17. The molecule has 2 atom stereocenters. The molecule has 0 nitrogen and oxygen atoms in total. The number of fused-ring (bicyclic) bond motifs is 7. The molecule has 1 heterocycles. The molecule has 0 N–H and O–H groups in total. The van der Waals surface area contributed by atoms with Crippen molar-refractivity contribution in [2.45, 2.75) is 52.4 Å². The van der Waals surface area contributed by atoms with E-state index in [1.165, 1.54) is 120 Å². The number of hydrogen-bond donors (Lipinski definition) is 0. The fourth-order valence-electron chi connectivity index (χ4n) is 10.6. The summed E-state index contributed by atoms with van der Waals surface area (Å²) in [6.45, 7) is 9.16. The van der Waals surface area contributed by atoms with Crippen molar-refractivity contribution < 1.29 is 20.8 Å². The Morgan fingerprint density at radius 2 is 0.757 bits per heavy atom. The summed E-state index contributed by atoms with van der Waals surface area (Å²) in [5.41, 5.74) is 16.1. The van der Waals surface area contributed by atoms with E-state index in [2.05, 4.69) is 264 Å². The minimum absolute atomic E-state index is 0.587. The Bertz CT molecular complexity index is 3600. The zero-order valence-corrected chi connectivity index (χ0v) is 47.3. The van der Waals surface area contributed by atoms with E-state index in [1.807, 2.05) is 6.07 Å². The Kier molecular flexibility index (Phi) is 16.5. The molecule has 12 aromatic rings. The van der Waals surface area contributed by atoms with Crippen LogP contribution < -0.4 is 10.4 Å². The average molecular weight is 1090 g/mol. The van der Waals surface area contributed by atoms with Gasteiger partial charge in [0.1, 0.15) is 0 Å². The van der Waals surface area contributed by atoms with Crippen molar-refractivity contribution in [1.29, 1.82) is 0 Å². The first-order valence-corrected chi connectivity index (χ1v) is 33.1. The minimum atomic E-state index is -0.826. The topological polar surface area (TPSA) is 0 Å². The van der Waals surface area contributed by atoms with Gasteiger partial charge in [0.2, 0.25) is 0 Å². The smallest absolute Gasteiger partial charge is 0.0920 e. The molecule has 12 aromatic carbocycles. The summed E-state index contributed by atoms with van der Waals surface area (Å²) in [6, 6.07) is 89.3. The van der Waals surface area contributed by atoms with E-state index in [1.54, 1.807) is 0 Å². The van der Waals surface area contributed by atoms with Gasteiger partial charge in [0.25, 0.3) is 0 Å². The molecule has 74 heavy (non-hydrogen) atoms. The standard InChI is InChI=1S/2C29H25.C12H7Si.2ClH.Zr/c2*1-3-20(2)23-18-22-12-9-17-28(29(22)19-23)27-15-7-6-14-26(27)25-16-8-11-21-10-4-5-13-24(21)25;1-3-7-11-9(5-1)10-6-2-4-8-12(10)13-11;;;/h2*4-20H,3H2,1-2H3;1-7H;2*1H;/q3*-1;;;+2/p-2. The van der Waals surface area contributed by atoms with Crippen LogP contribution in [0.1, 0.15) is 63.5 Å². The Morgan fingerprint density at radius 1 is 0.405 bits per heavy atom. The largest absolute Gasteiger partial charge is 0.184 e. The predicted octanol–water partition coefficient (Wildman–Crippen LogP) is 19.6. The van der Waals surface area contributed by atoms with Gasteiger partial charge >= 0.3 is 37.9 Å². The molecule has 0 amide bonds. The van der Waals surface area contributed by atoms with Crippen LogP contribution in [0.5, 0.6) is 0 Å². The number of benzene rings is 10. The molecule has 13 rings (SSSR count). The maximum Gasteiger partial charge on any atom is 0.0920 e. The van der Waals surface area contributed by atoms with Gasteiger partial charge in [0.05, 0.1) is 9.52 Å². The summed E-state index contributed by atoms with van der Waals surface area (Å²) in [6.07, 6.45) is 2.33. The SMILES string of the molecule is CCC(C)c1cc2c(-c3ccccc3-c3cccc4ccccc34)cccc2[cH-]1.CCC(C)c1cc2c(-c3ccccc3-c3cccc4ccccc34)cccc2[cH-]1.[Cl][Zr][Cl].[c-]1cccc2c1[Si]c1ccccc1-2. The van der Waals surface area contributed by atoms with Gasteiger partial charge in [-0.05, 0) is 66.8 Å². The second-order valence-electron chi connectivity index (χ2n) is 19.2. The summed E-state index contributed by atoms with van der Waals surface area (Å²) < 4.78 is 0. The zero-order valence-electron chi connectivity index (χ0n) is 42.3. The molecule has 4 heteroatoms. The van der Waals surface area contributed by atoms with Gasteiger partial charge in [-0.2, -0.15) is 41.6 Å². The maximum absolute atomic E-state index is 4.93.